The number of nitro groups is 1. The van der Waals surface area contributed by atoms with E-state index in [1.165, 1.54) is 25.6 Å². The third kappa shape index (κ3) is 2.63. The largest absolute Gasteiger partial charge is 0.406 e. The summed E-state index contributed by atoms with van der Waals surface area (Å²) >= 11 is 0. The molecule has 0 aromatic carbocycles. The lowest BCUT2D eigenvalue weighted by Gasteiger charge is -2.29. The van der Waals surface area contributed by atoms with Gasteiger partial charge in [0.1, 0.15) is 0 Å². The molecule has 1 aliphatic rings. The molecule has 100 valence electrons. The van der Waals surface area contributed by atoms with Crippen LogP contribution < -0.4 is 5.32 Å². The van der Waals surface area contributed by atoms with Gasteiger partial charge in [0.2, 0.25) is 12.1 Å². The quantitative estimate of drug-likeness (QED) is 0.660. The summed E-state index contributed by atoms with van der Waals surface area (Å²) in [6.45, 7) is 2.21. The fourth-order valence-electron chi connectivity index (χ4n) is 2.70. The molecule has 2 atom stereocenters. The number of hydrogen-bond donors (Lipinski definition) is 1. The summed E-state index contributed by atoms with van der Waals surface area (Å²) in [6, 6.07) is 0.331. The molecule has 0 spiro atoms. The van der Waals surface area contributed by atoms with E-state index in [1.807, 2.05) is 0 Å². The van der Waals surface area contributed by atoms with E-state index >= 15 is 0 Å². The van der Waals surface area contributed by atoms with Gasteiger partial charge in [-0.1, -0.05) is 26.2 Å². The minimum absolute atomic E-state index is 0.0730. The van der Waals surface area contributed by atoms with Crippen LogP contribution in [0.1, 0.15) is 39.0 Å². The fraction of sp³-hybridized carbons (Fsp3) is 0.750. The standard InChI is InChI=1S/C12H20N4O2/c1-3-9-5-4-6-10(7-9)14-12-11(16(17)18)13-8-15(12)2/h8-10,14H,3-7H2,1-2H3. The molecule has 0 radical (unpaired) electrons. The van der Waals surface area contributed by atoms with Gasteiger partial charge in [-0.2, -0.15) is 0 Å². The van der Waals surface area contributed by atoms with Gasteiger partial charge in [0.15, 0.2) is 0 Å². The minimum atomic E-state index is -0.428. The predicted molar refractivity (Wildman–Crippen MR) is 69.5 cm³/mol. The molecule has 0 aliphatic heterocycles. The zero-order chi connectivity index (χ0) is 13.1. The maximum atomic E-state index is 10.9. The number of nitrogens with one attached hydrogen (secondary N) is 1. The first-order chi connectivity index (χ1) is 8.61. The van der Waals surface area contributed by atoms with Crippen LogP contribution in [0, 0.1) is 16.0 Å². The van der Waals surface area contributed by atoms with Crippen molar-refractivity contribution < 1.29 is 4.92 Å². The Morgan fingerprint density at radius 1 is 1.61 bits per heavy atom. The van der Waals surface area contributed by atoms with E-state index in [0.717, 1.165) is 18.8 Å². The highest BCUT2D eigenvalue weighted by Gasteiger charge is 2.26. The van der Waals surface area contributed by atoms with Crippen molar-refractivity contribution in [2.24, 2.45) is 13.0 Å². The first kappa shape index (κ1) is 12.9. The third-order valence-corrected chi connectivity index (χ3v) is 3.79. The summed E-state index contributed by atoms with van der Waals surface area (Å²) < 4.78 is 1.69. The van der Waals surface area contributed by atoms with Crippen LogP contribution in [-0.4, -0.2) is 20.5 Å². The van der Waals surface area contributed by atoms with Gasteiger partial charge < -0.3 is 15.4 Å². The minimum Gasteiger partial charge on any atom is -0.362 e. The zero-order valence-electron chi connectivity index (χ0n) is 10.9. The van der Waals surface area contributed by atoms with Crippen molar-refractivity contribution in [2.75, 3.05) is 5.32 Å². The zero-order valence-corrected chi connectivity index (χ0v) is 10.9. The van der Waals surface area contributed by atoms with Crippen LogP contribution in [0.25, 0.3) is 0 Å². The second-order valence-corrected chi connectivity index (χ2v) is 5.07. The summed E-state index contributed by atoms with van der Waals surface area (Å²) in [5.41, 5.74) is 0. The van der Waals surface area contributed by atoms with E-state index < -0.39 is 4.92 Å². The predicted octanol–water partition coefficient (Wildman–Crippen LogP) is 2.71. The molecule has 0 bridgehead atoms. The second-order valence-electron chi connectivity index (χ2n) is 5.07. The molecule has 1 aromatic heterocycles. The van der Waals surface area contributed by atoms with Gasteiger partial charge in [0.05, 0.1) is 0 Å². The lowest BCUT2D eigenvalue weighted by molar-refractivity contribution is -0.388. The first-order valence-electron chi connectivity index (χ1n) is 6.54. The van der Waals surface area contributed by atoms with Crippen molar-refractivity contribution in [3.8, 4) is 0 Å². The molecule has 1 saturated carbocycles. The summed E-state index contributed by atoms with van der Waals surface area (Å²) in [5.74, 6) is 1.20. The molecule has 1 fully saturated rings. The smallest absolute Gasteiger partial charge is 0.362 e. The summed E-state index contributed by atoms with van der Waals surface area (Å²) in [4.78, 5) is 14.3. The van der Waals surface area contributed by atoms with Crippen LogP contribution in [0.3, 0.4) is 0 Å². The van der Waals surface area contributed by atoms with E-state index in [4.69, 9.17) is 0 Å². The van der Waals surface area contributed by atoms with Crippen LogP contribution in [0.4, 0.5) is 11.6 Å². The number of nitrogens with zero attached hydrogens (tertiary/aromatic N) is 3. The molecular weight excluding hydrogens is 232 g/mol. The molecule has 2 rings (SSSR count). The maximum absolute atomic E-state index is 10.9. The van der Waals surface area contributed by atoms with Crippen LogP contribution in [-0.2, 0) is 7.05 Å². The Morgan fingerprint density at radius 3 is 3.06 bits per heavy atom. The molecule has 1 aliphatic carbocycles. The number of anilines is 1. The lowest BCUT2D eigenvalue weighted by Crippen LogP contribution is -2.28. The third-order valence-electron chi connectivity index (χ3n) is 3.79. The van der Waals surface area contributed by atoms with Gasteiger partial charge in [-0.25, -0.2) is 0 Å². The normalized spacial score (nSPS) is 23.9. The van der Waals surface area contributed by atoms with Crippen molar-refractivity contribution in [2.45, 2.75) is 45.1 Å². The van der Waals surface area contributed by atoms with Gasteiger partial charge in [0, 0.05) is 13.1 Å². The molecule has 1 aromatic rings. The van der Waals surface area contributed by atoms with Gasteiger partial charge >= 0.3 is 5.82 Å². The Kier molecular flexibility index (Phi) is 3.84. The average Bonchev–Trinajstić information content (AvgIpc) is 2.71. The van der Waals surface area contributed by atoms with E-state index in [1.54, 1.807) is 11.6 Å². The summed E-state index contributed by atoms with van der Waals surface area (Å²) in [7, 11) is 1.78. The molecule has 0 saturated heterocycles. The van der Waals surface area contributed by atoms with Crippen molar-refractivity contribution >= 4 is 11.6 Å². The van der Waals surface area contributed by atoms with Crippen molar-refractivity contribution in [1.82, 2.24) is 9.55 Å². The van der Waals surface area contributed by atoms with E-state index in [-0.39, 0.29) is 5.82 Å². The van der Waals surface area contributed by atoms with Crippen LogP contribution in [0.15, 0.2) is 6.33 Å². The van der Waals surface area contributed by atoms with E-state index in [2.05, 4.69) is 17.2 Å². The highest BCUT2D eigenvalue weighted by atomic mass is 16.6. The lowest BCUT2D eigenvalue weighted by atomic mass is 9.84. The molecule has 6 nitrogen and oxygen atoms in total. The topological polar surface area (TPSA) is 73.0 Å². The number of aromatic nitrogens is 2. The molecule has 1 heterocycles. The molecule has 18 heavy (non-hydrogen) atoms. The average molecular weight is 252 g/mol. The van der Waals surface area contributed by atoms with Crippen molar-refractivity contribution in [3.63, 3.8) is 0 Å². The fourth-order valence-corrected chi connectivity index (χ4v) is 2.70. The summed E-state index contributed by atoms with van der Waals surface area (Å²) in [6.07, 6.45) is 7.33. The van der Waals surface area contributed by atoms with E-state index in [9.17, 15) is 10.1 Å². The Morgan fingerprint density at radius 2 is 2.39 bits per heavy atom. The number of hydrogen-bond acceptors (Lipinski definition) is 4. The van der Waals surface area contributed by atoms with Gasteiger partial charge in [0.25, 0.3) is 0 Å². The van der Waals surface area contributed by atoms with Crippen LogP contribution in [0.2, 0.25) is 0 Å². The van der Waals surface area contributed by atoms with Crippen molar-refractivity contribution in [1.29, 1.82) is 0 Å². The number of rotatable bonds is 4. The van der Waals surface area contributed by atoms with Gasteiger partial charge in [-0.15, -0.1) is 0 Å². The Hall–Kier alpha value is -1.59. The first-order valence-corrected chi connectivity index (χ1v) is 6.54. The summed E-state index contributed by atoms with van der Waals surface area (Å²) in [5, 5.41) is 14.2. The second kappa shape index (κ2) is 5.37. The van der Waals surface area contributed by atoms with Gasteiger partial charge in [-0.3, -0.25) is 4.57 Å². The monoisotopic (exact) mass is 252 g/mol. The molecule has 1 N–H and O–H groups in total. The van der Waals surface area contributed by atoms with E-state index in [0.29, 0.717) is 11.9 Å². The Bertz CT molecular complexity index is 430. The van der Waals surface area contributed by atoms with Crippen molar-refractivity contribution in [3.05, 3.63) is 16.4 Å². The number of aryl methyl sites for hydroxylation is 1. The Labute approximate surface area is 107 Å². The highest BCUT2D eigenvalue weighted by Crippen LogP contribution is 2.30. The molecule has 0 amide bonds. The van der Waals surface area contributed by atoms with Crippen LogP contribution >= 0.6 is 0 Å². The SMILES string of the molecule is CCC1CCCC(Nc2c([N+](=O)[O-])ncn2C)C1. The van der Waals surface area contributed by atoms with Crippen LogP contribution in [0.5, 0.6) is 0 Å². The molecule has 2 unspecified atom stereocenters. The Balaban J connectivity index is 2.09. The molecular formula is C12H20N4O2. The maximum Gasteiger partial charge on any atom is 0.406 e. The number of imidazole rings is 1. The highest BCUT2D eigenvalue weighted by molar-refractivity contribution is 5.52. The van der Waals surface area contributed by atoms with Gasteiger partial charge in [-0.05, 0) is 28.7 Å². The molecule has 6 heteroatoms.